The first-order valence-electron chi connectivity index (χ1n) is 8.70. The van der Waals surface area contributed by atoms with Crippen LogP contribution in [0.1, 0.15) is 5.56 Å². The fourth-order valence-corrected chi connectivity index (χ4v) is 3.61. The van der Waals surface area contributed by atoms with E-state index in [0.717, 1.165) is 33.7 Å². The van der Waals surface area contributed by atoms with Gasteiger partial charge in [0.25, 0.3) is 0 Å². The summed E-state index contributed by atoms with van der Waals surface area (Å²) in [5, 5.41) is 9.72. The van der Waals surface area contributed by atoms with Gasteiger partial charge in [-0.2, -0.15) is 0 Å². The summed E-state index contributed by atoms with van der Waals surface area (Å²) in [5.74, 6) is 2.52. The van der Waals surface area contributed by atoms with Gasteiger partial charge in [0.15, 0.2) is 11.0 Å². The molecule has 0 aliphatic heterocycles. The predicted octanol–water partition coefficient (Wildman–Crippen LogP) is 4.50. The third-order valence-corrected chi connectivity index (χ3v) is 5.21. The maximum Gasteiger partial charge on any atom is 0.192 e. The Kier molecular flexibility index (Phi) is 6.19. The van der Waals surface area contributed by atoms with Crippen molar-refractivity contribution in [2.75, 3.05) is 26.1 Å². The van der Waals surface area contributed by atoms with Crippen LogP contribution in [0.3, 0.4) is 0 Å². The van der Waals surface area contributed by atoms with Crippen LogP contribution in [0.15, 0.2) is 66.3 Å². The number of ether oxygens (including phenoxy) is 1. The summed E-state index contributed by atoms with van der Waals surface area (Å²) < 4.78 is 7.40. The highest BCUT2D eigenvalue weighted by molar-refractivity contribution is 7.98. The average Bonchev–Trinajstić information content (AvgIpc) is 3.09. The van der Waals surface area contributed by atoms with E-state index in [1.54, 1.807) is 18.9 Å². The standard InChI is InChI=1S/C21H24N4OS/c1-5-13-25-20(17-9-11-18(12-10-17)24(2)3)22-23-21(25)27-15-16-7-6-8-19(14-16)26-4/h5-12,14H,1,13,15H2,2-4H3. The molecule has 0 atom stereocenters. The van der Waals surface area contributed by atoms with E-state index in [-0.39, 0.29) is 0 Å². The molecule has 27 heavy (non-hydrogen) atoms. The Bertz CT molecular complexity index is 903. The van der Waals surface area contributed by atoms with Crippen LogP contribution in [0.5, 0.6) is 5.75 Å². The van der Waals surface area contributed by atoms with Crippen LogP contribution in [0.2, 0.25) is 0 Å². The van der Waals surface area contributed by atoms with Gasteiger partial charge in [-0.25, -0.2) is 0 Å². The molecule has 0 saturated heterocycles. The number of benzene rings is 2. The number of methoxy groups -OCH3 is 1. The van der Waals surface area contributed by atoms with Crippen LogP contribution >= 0.6 is 11.8 Å². The van der Waals surface area contributed by atoms with Gasteiger partial charge in [-0.1, -0.05) is 30.0 Å². The van der Waals surface area contributed by atoms with Crippen molar-refractivity contribution in [3.63, 3.8) is 0 Å². The van der Waals surface area contributed by atoms with E-state index in [0.29, 0.717) is 6.54 Å². The molecule has 1 heterocycles. The van der Waals surface area contributed by atoms with E-state index in [1.807, 2.05) is 38.4 Å². The van der Waals surface area contributed by atoms with E-state index in [4.69, 9.17) is 4.74 Å². The predicted molar refractivity (Wildman–Crippen MR) is 113 cm³/mol. The fourth-order valence-electron chi connectivity index (χ4n) is 2.72. The summed E-state index contributed by atoms with van der Waals surface area (Å²) in [6.07, 6.45) is 1.87. The van der Waals surface area contributed by atoms with E-state index in [1.165, 1.54) is 5.56 Å². The second-order valence-electron chi connectivity index (χ2n) is 6.29. The first kappa shape index (κ1) is 19.0. The summed E-state index contributed by atoms with van der Waals surface area (Å²) in [4.78, 5) is 2.08. The molecule has 3 rings (SSSR count). The highest BCUT2D eigenvalue weighted by atomic mass is 32.2. The van der Waals surface area contributed by atoms with Gasteiger partial charge in [-0.15, -0.1) is 16.8 Å². The highest BCUT2D eigenvalue weighted by Crippen LogP contribution is 2.28. The summed E-state index contributed by atoms with van der Waals surface area (Å²) in [6, 6.07) is 16.4. The van der Waals surface area contributed by atoms with Crippen molar-refractivity contribution in [1.29, 1.82) is 0 Å². The summed E-state index contributed by atoms with van der Waals surface area (Å²) in [6.45, 7) is 4.55. The zero-order valence-electron chi connectivity index (χ0n) is 15.9. The van der Waals surface area contributed by atoms with Gasteiger partial charge >= 0.3 is 0 Å². The zero-order valence-corrected chi connectivity index (χ0v) is 16.7. The largest absolute Gasteiger partial charge is 0.497 e. The SMILES string of the molecule is C=CCn1c(SCc2cccc(OC)c2)nnc1-c1ccc(N(C)C)cc1. The normalized spacial score (nSPS) is 10.6. The second-order valence-corrected chi connectivity index (χ2v) is 7.23. The topological polar surface area (TPSA) is 43.2 Å². The van der Waals surface area contributed by atoms with Gasteiger partial charge in [0.05, 0.1) is 7.11 Å². The maximum atomic E-state index is 5.30. The lowest BCUT2D eigenvalue weighted by Crippen LogP contribution is -2.08. The Morgan fingerprint density at radius 2 is 1.93 bits per heavy atom. The minimum Gasteiger partial charge on any atom is -0.497 e. The number of allylic oxidation sites excluding steroid dienone is 1. The van der Waals surface area contributed by atoms with Crippen LogP contribution < -0.4 is 9.64 Å². The molecule has 3 aromatic rings. The molecule has 5 nitrogen and oxygen atoms in total. The number of nitrogens with zero attached hydrogens (tertiary/aromatic N) is 4. The Hall–Kier alpha value is -2.73. The average molecular weight is 381 g/mol. The third-order valence-electron chi connectivity index (χ3n) is 4.17. The van der Waals surface area contributed by atoms with Crippen molar-refractivity contribution in [1.82, 2.24) is 14.8 Å². The molecule has 140 valence electrons. The molecular weight excluding hydrogens is 356 g/mol. The van der Waals surface area contributed by atoms with Crippen LogP contribution in [0, 0.1) is 0 Å². The van der Waals surface area contributed by atoms with Crippen molar-refractivity contribution in [2.24, 2.45) is 0 Å². The number of rotatable bonds is 8. The van der Waals surface area contributed by atoms with Crippen molar-refractivity contribution in [2.45, 2.75) is 17.5 Å². The first-order chi connectivity index (χ1) is 13.1. The maximum absolute atomic E-state index is 5.30. The zero-order chi connectivity index (χ0) is 19.2. The molecule has 0 aliphatic rings. The van der Waals surface area contributed by atoms with Gasteiger partial charge in [-0.05, 0) is 42.0 Å². The Balaban J connectivity index is 1.83. The minimum absolute atomic E-state index is 0.665. The van der Waals surface area contributed by atoms with Crippen molar-refractivity contribution in [3.8, 4) is 17.1 Å². The molecular formula is C21H24N4OS. The molecule has 0 amide bonds. The number of hydrogen-bond donors (Lipinski definition) is 0. The van der Waals surface area contributed by atoms with Gasteiger partial charge in [0.1, 0.15) is 5.75 Å². The van der Waals surface area contributed by atoms with E-state index < -0.39 is 0 Å². The number of aromatic nitrogens is 3. The molecule has 0 fully saturated rings. The van der Waals surface area contributed by atoms with Gasteiger partial charge in [0, 0.05) is 37.6 Å². The smallest absolute Gasteiger partial charge is 0.192 e. The molecule has 0 aliphatic carbocycles. The Morgan fingerprint density at radius 1 is 1.15 bits per heavy atom. The second kappa shape index (κ2) is 8.77. The van der Waals surface area contributed by atoms with Crippen LogP contribution in [-0.4, -0.2) is 36.0 Å². The highest BCUT2D eigenvalue weighted by Gasteiger charge is 2.14. The molecule has 0 spiro atoms. The number of thioether (sulfide) groups is 1. The van der Waals surface area contributed by atoms with Crippen LogP contribution in [0.25, 0.3) is 11.4 Å². The molecule has 0 saturated carbocycles. The third kappa shape index (κ3) is 4.52. The molecule has 0 unspecified atom stereocenters. The molecule has 6 heteroatoms. The molecule has 1 aromatic heterocycles. The molecule has 0 N–H and O–H groups in total. The monoisotopic (exact) mass is 380 g/mol. The number of anilines is 1. The molecule has 0 radical (unpaired) electrons. The van der Waals surface area contributed by atoms with E-state index in [2.05, 4.69) is 56.6 Å². The summed E-state index contributed by atoms with van der Waals surface area (Å²) in [5.41, 5.74) is 3.38. The van der Waals surface area contributed by atoms with Gasteiger partial charge in [0.2, 0.25) is 0 Å². The fraction of sp³-hybridized carbons (Fsp3) is 0.238. The summed E-state index contributed by atoms with van der Waals surface area (Å²) in [7, 11) is 5.74. The Morgan fingerprint density at radius 3 is 2.59 bits per heavy atom. The quantitative estimate of drug-likeness (QED) is 0.425. The molecule has 2 aromatic carbocycles. The van der Waals surface area contributed by atoms with E-state index in [9.17, 15) is 0 Å². The van der Waals surface area contributed by atoms with Crippen LogP contribution in [-0.2, 0) is 12.3 Å². The lowest BCUT2D eigenvalue weighted by atomic mass is 10.2. The van der Waals surface area contributed by atoms with Crippen LogP contribution in [0.4, 0.5) is 5.69 Å². The van der Waals surface area contributed by atoms with Gasteiger partial charge < -0.3 is 9.64 Å². The molecule has 0 bridgehead atoms. The lowest BCUT2D eigenvalue weighted by Gasteiger charge is -2.13. The first-order valence-corrected chi connectivity index (χ1v) is 9.68. The summed E-state index contributed by atoms with van der Waals surface area (Å²) >= 11 is 1.66. The van der Waals surface area contributed by atoms with Crippen molar-refractivity contribution >= 4 is 17.4 Å². The van der Waals surface area contributed by atoms with Gasteiger partial charge in [-0.3, -0.25) is 4.57 Å². The lowest BCUT2D eigenvalue weighted by molar-refractivity contribution is 0.414. The number of hydrogen-bond acceptors (Lipinski definition) is 5. The van der Waals surface area contributed by atoms with Crippen molar-refractivity contribution in [3.05, 3.63) is 66.7 Å². The van der Waals surface area contributed by atoms with E-state index >= 15 is 0 Å². The minimum atomic E-state index is 0.665. The Labute approximate surface area is 164 Å². The van der Waals surface area contributed by atoms with Crippen molar-refractivity contribution < 1.29 is 4.74 Å².